The van der Waals surface area contributed by atoms with Gasteiger partial charge < -0.3 is 15.7 Å². The molecule has 0 spiro atoms. The third kappa shape index (κ3) is 5.04. The van der Waals surface area contributed by atoms with Crippen molar-refractivity contribution in [2.24, 2.45) is 5.92 Å². The van der Waals surface area contributed by atoms with Crippen molar-refractivity contribution in [1.29, 1.82) is 0 Å². The zero-order chi connectivity index (χ0) is 18.7. The van der Waals surface area contributed by atoms with Crippen LogP contribution in [-0.4, -0.2) is 59.0 Å². The fourth-order valence-electron chi connectivity index (χ4n) is 3.22. The molecule has 2 aliphatic rings. The first-order valence-corrected chi connectivity index (χ1v) is 9.91. The van der Waals surface area contributed by atoms with Crippen LogP contribution in [0.4, 0.5) is 0 Å². The molecule has 2 saturated carbocycles. The number of rotatable bonds is 9. The van der Waals surface area contributed by atoms with Gasteiger partial charge in [-0.05, 0) is 50.0 Å². The summed E-state index contributed by atoms with van der Waals surface area (Å²) in [7, 11) is 0. The van der Waals surface area contributed by atoms with Crippen molar-refractivity contribution in [2.45, 2.75) is 50.7 Å². The second kappa shape index (κ2) is 8.18. The zero-order valence-electron chi connectivity index (χ0n) is 14.8. The largest absolute Gasteiger partial charge is 0.480 e. The molecule has 26 heavy (non-hydrogen) atoms. The Morgan fingerprint density at radius 3 is 2.65 bits per heavy atom. The van der Waals surface area contributed by atoms with E-state index >= 15 is 0 Å². The van der Waals surface area contributed by atoms with Gasteiger partial charge in [0.05, 0.1) is 11.4 Å². The first-order chi connectivity index (χ1) is 12.4. The highest BCUT2D eigenvalue weighted by atomic mass is 32.1. The minimum absolute atomic E-state index is 0.0455. The van der Waals surface area contributed by atoms with Gasteiger partial charge in [-0.15, -0.1) is 11.3 Å². The Balaban J connectivity index is 1.41. The van der Waals surface area contributed by atoms with Gasteiger partial charge >= 0.3 is 5.97 Å². The van der Waals surface area contributed by atoms with E-state index in [0.717, 1.165) is 19.4 Å². The molecule has 2 fully saturated rings. The maximum absolute atomic E-state index is 12.3. The van der Waals surface area contributed by atoms with E-state index in [4.69, 9.17) is 5.11 Å². The van der Waals surface area contributed by atoms with E-state index < -0.39 is 12.0 Å². The number of amides is 2. The number of carboxylic acids is 1. The van der Waals surface area contributed by atoms with Gasteiger partial charge in [-0.2, -0.15) is 0 Å². The van der Waals surface area contributed by atoms with Crippen molar-refractivity contribution in [3.8, 4) is 0 Å². The van der Waals surface area contributed by atoms with Gasteiger partial charge in [-0.1, -0.05) is 6.07 Å². The molecule has 8 heteroatoms. The van der Waals surface area contributed by atoms with Crippen molar-refractivity contribution in [2.75, 3.05) is 13.1 Å². The van der Waals surface area contributed by atoms with Crippen LogP contribution in [0.1, 0.15) is 42.3 Å². The standard InChI is InChI=1S/C18H25N3O4S/c1-11(19-18(25)15-3-2-6-26-15)17(24)20-13-7-14(8-13)21(10-16(22)23)9-12-4-5-12/h2-3,6,11-14H,4-5,7-10H2,1H3,(H,19,25)(H,20,24)(H,22,23). The summed E-state index contributed by atoms with van der Waals surface area (Å²) in [6.07, 6.45) is 3.89. The van der Waals surface area contributed by atoms with Crippen molar-refractivity contribution in [3.63, 3.8) is 0 Å². The van der Waals surface area contributed by atoms with Crippen LogP contribution in [0.3, 0.4) is 0 Å². The van der Waals surface area contributed by atoms with Gasteiger partial charge in [-0.3, -0.25) is 19.3 Å². The van der Waals surface area contributed by atoms with Crippen molar-refractivity contribution < 1.29 is 19.5 Å². The Bertz CT molecular complexity index is 653. The van der Waals surface area contributed by atoms with Crippen LogP contribution < -0.4 is 10.6 Å². The van der Waals surface area contributed by atoms with E-state index in [1.54, 1.807) is 19.1 Å². The Morgan fingerprint density at radius 1 is 1.35 bits per heavy atom. The highest BCUT2D eigenvalue weighted by Gasteiger charge is 2.38. The molecule has 0 saturated heterocycles. The second-order valence-electron chi connectivity index (χ2n) is 7.27. The predicted octanol–water partition coefficient (Wildman–Crippen LogP) is 1.31. The first kappa shape index (κ1) is 18.8. The Hall–Kier alpha value is -1.93. The van der Waals surface area contributed by atoms with Crippen molar-refractivity contribution in [3.05, 3.63) is 22.4 Å². The highest BCUT2D eigenvalue weighted by Crippen LogP contribution is 2.33. The van der Waals surface area contributed by atoms with Crippen LogP contribution in [0.15, 0.2) is 17.5 Å². The Kier molecular flexibility index (Phi) is 5.93. The zero-order valence-corrected chi connectivity index (χ0v) is 15.6. The van der Waals surface area contributed by atoms with Gasteiger partial charge in [0.15, 0.2) is 0 Å². The Labute approximate surface area is 156 Å². The fraction of sp³-hybridized carbons (Fsp3) is 0.611. The molecule has 0 aliphatic heterocycles. The molecule has 0 aromatic carbocycles. The van der Waals surface area contributed by atoms with E-state index in [1.165, 1.54) is 24.2 Å². The molecule has 3 rings (SSSR count). The molecule has 1 aromatic heterocycles. The monoisotopic (exact) mass is 379 g/mol. The molecule has 3 N–H and O–H groups in total. The van der Waals surface area contributed by atoms with E-state index in [-0.39, 0.29) is 30.4 Å². The predicted molar refractivity (Wildman–Crippen MR) is 98.1 cm³/mol. The summed E-state index contributed by atoms with van der Waals surface area (Å²) in [4.78, 5) is 37.9. The molecule has 1 heterocycles. The number of carboxylic acid groups (broad SMARTS) is 1. The normalized spacial score (nSPS) is 23.2. The van der Waals surface area contributed by atoms with Crippen LogP contribution in [0.2, 0.25) is 0 Å². The summed E-state index contributed by atoms with van der Waals surface area (Å²) in [6, 6.07) is 3.17. The topological polar surface area (TPSA) is 98.7 Å². The Morgan fingerprint density at radius 2 is 2.08 bits per heavy atom. The molecular weight excluding hydrogens is 354 g/mol. The molecule has 2 aliphatic carbocycles. The smallest absolute Gasteiger partial charge is 0.317 e. The van der Waals surface area contributed by atoms with Gasteiger partial charge in [-0.25, -0.2) is 0 Å². The van der Waals surface area contributed by atoms with E-state index in [0.29, 0.717) is 10.8 Å². The number of nitrogens with one attached hydrogen (secondary N) is 2. The quantitative estimate of drug-likeness (QED) is 0.601. The fourth-order valence-corrected chi connectivity index (χ4v) is 3.85. The maximum atomic E-state index is 12.3. The van der Waals surface area contributed by atoms with E-state index in [2.05, 4.69) is 10.6 Å². The SMILES string of the molecule is CC(NC(=O)c1cccs1)C(=O)NC1CC(N(CC(=O)O)CC2CC2)C1. The number of hydrogen-bond acceptors (Lipinski definition) is 5. The number of aliphatic carboxylic acids is 1. The molecule has 7 nitrogen and oxygen atoms in total. The average molecular weight is 379 g/mol. The summed E-state index contributed by atoms with van der Waals surface area (Å²) in [6.45, 7) is 2.57. The third-order valence-electron chi connectivity index (χ3n) is 4.99. The lowest BCUT2D eigenvalue weighted by Gasteiger charge is -2.43. The summed E-state index contributed by atoms with van der Waals surface area (Å²) in [5.41, 5.74) is 0. The van der Waals surface area contributed by atoms with Crippen molar-refractivity contribution >= 4 is 29.1 Å². The number of carbonyl (C=O) groups is 3. The maximum Gasteiger partial charge on any atom is 0.317 e. The van der Waals surface area contributed by atoms with Gasteiger partial charge in [0.1, 0.15) is 6.04 Å². The number of thiophene rings is 1. The molecule has 1 atom stereocenters. The minimum atomic E-state index is -0.803. The molecule has 0 bridgehead atoms. The summed E-state index contributed by atoms with van der Waals surface area (Å²) < 4.78 is 0. The summed E-state index contributed by atoms with van der Waals surface area (Å²) in [5.74, 6) is -0.616. The van der Waals surface area contributed by atoms with E-state index in [9.17, 15) is 14.4 Å². The third-order valence-corrected chi connectivity index (χ3v) is 5.86. The number of carbonyl (C=O) groups excluding carboxylic acids is 2. The van der Waals surface area contributed by atoms with Crippen LogP contribution in [-0.2, 0) is 9.59 Å². The number of hydrogen-bond donors (Lipinski definition) is 3. The average Bonchev–Trinajstić information content (AvgIpc) is 3.18. The van der Waals surface area contributed by atoms with Crippen LogP contribution in [0, 0.1) is 5.92 Å². The second-order valence-corrected chi connectivity index (χ2v) is 8.22. The lowest BCUT2D eigenvalue weighted by molar-refractivity contribution is -0.140. The van der Waals surface area contributed by atoms with Gasteiger partial charge in [0, 0.05) is 18.6 Å². The summed E-state index contributed by atoms with van der Waals surface area (Å²) in [5, 5.41) is 16.6. The van der Waals surface area contributed by atoms with Crippen LogP contribution in [0.25, 0.3) is 0 Å². The first-order valence-electron chi connectivity index (χ1n) is 9.03. The van der Waals surface area contributed by atoms with Gasteiger partial charge in [0.2, 0.25) is 5.91 Å². The summed E-state index contributed by atoms with van der Waals surface area (Å²) >= 11 is 1.34. The van der Waals surface area contributed by atoms with Crippen molar-refractivity contribution in [1.82, 2.24) is 15.5 Å². The molecule has 2 amide bonds. The van der Waals surface area contributed by atoms with Gasteiger partial charge in [0.25, 0.3) is 5.91 Å². The lowest BCUT2D eigenvalue weighted by atomic mass is 9.85. The van der Waals surface area contributed by atoms with E-state index in [1.807, 2.05) is 10.3 Å². The minimum Gasteiger partial charge on any atom is -0.480 e. The molecule has 142 valence electrons. The van der Waals surface area contributed by atoms with Crippen LogP contribution in [0.5, 0.6) is 0 Å². The lowest BCUT2D eigenvalue weighted by Crippen LogP contribution is -2.57. The molecule has 1 unspecified atom stereocenters. The molecule has 0 radical (unpaired) electrons. The highest BCUT2D eigenvalue weighted by molar-refractivity contribution is 7.12. The molecule has 1 aromatic rings. The van der Waals surface area contributed by atoms with Crippen LogP contribution >= 0.6 is 11.3 Å². The molecular formula is C18H25N3O4S. The number of nitrogens with zero attached hydrogens (tertiary/aromatic N) is 1.